The van der Waals surface area contributed by atoms with Gasteiger partial charge in [0.15, 0.2) is 0 Å². The van der Waals surface area contributed by atoms with Crippen LogP contribution in [0, 0.1) is 0 Å². The summed E-state index contributed by atoms with van der Waals surface area (Å²) in [5.74, 6) is 0.362. The Balaban J connectivity index is 1.83. The van der Waals surface area contributed by atoms with Crippen molar-refractivity contribution < 1.29 is 9.53 Å². The molecule has 28 heavy (non-hydrogen) atoms. The third kappa shape index (κ3) is 5.18. The second-order valence-electron chi connectivity index (χ2n) is 5.90. The van der Waals surface area contributed by atoms with E-state index in [1.165, 1.54) is 0 Å². The zero-order chi connectivity index (χ0) is 19.8. The van der Waals surface area contributed by atoms with Crippen LogP contribution in [0.15, 0.2) is 94.5 Å². The zero-order valence-electron chi connectivity index (χ0n) is 15.3. The average molecular weight is 435 g/mol. The third-order valence-electron chi connectivity index (χ3n) is 3.99. The van der Waals surface area contributed by atoms with E-state index in [2.05, 4.69) is 26.5 Å². The van der Waals surface area contributed by atoms with Crippen molar-refractivity contribution in [3.63, 3.8) is 0 Å². The van der Waals surface area contributed by atoms with Crippen LogP contribution in [0.5, 0.6) is 5.75 Å². The van der Waals surface area contributed by atoms with E-state index < -0.39 is 0 Å². The number of nitrogens with zero attached hydrogens (tertiary/aromatic N) is 1. The summed E-state index contributed by atoms with van der Waals surface area (Å²) in [4.78, 5) is 12.5. The minimum absolute atomic E-state index is 0.301. The summed E-state index contributed by atoms with van der Waals surface area (Å²) >= 11 is 3.39. The molecule has 0 heterocycles. The minimum atomic E-state index is -0.301. The highest BCUT2D eigenvalue weighted by Crippen LogP contribution is 2.25. The van der Waals surface area contributed by atoms with Crippen molar-refractivity contribution in [2.45, 2.75) is 0 Å². The molecule has 0 saturated carbocycles. The second-order valence-corrected chi connectivity index (χ2v) is 6.75. The Kier molecular flexibility index (Phi) is 6.76. The first-order chi connectivity index (χ1) is 13.7. The number of amides is 1. The summed E-state index contributed by atoms with van der Waals surface area (Å²) in [5.41, 5.74) is 5.74. The molecule has 3 aromatic rings. The molecular weight excluding hydrogens is 416 g/mol. The Morgan fingerprint density at radius 1 is 0.964 bits per heavy atom. The van der Waals surface area contributed by atoms with Gasteiger partial charge in [-0.3, -0.25) is 4.79 Å². The number of hydrazone groups is 1. The smallest absolute Gasteiger partial charge is 0.271 e. The fourth-order valence-corrected chi connectivity index (χ4v) is 3.07. The van der Waals surface area contributed by atoms with Gasteiger partial charge in [-0.25, -0.2) is 5.43 Å². The molecule has 0 atom stereocenters. The Morgan fingerprint density at radius 2 is 1.64 bits per heavy atom. The van der Waals surface area contributed by atoms with Crippen molar-refractivity contribution in [3.05, 3.63) is 106 Å². The first-order valence-electron chi connectivity index (χ1n) is 8.67. The van der Waals surface area contributed by atoms with Crippen LogP contribution in [0.1, 0.15) is 21.5 Å². The van der Waals surface area contributed by atoms with Gasteiger partial charge in [-0.15, -0.1) is 0 Å². The van der Waals surface area contributed by atoms with Gasteiger partial charge in [-0.05, 0) is 45.8 Å². The highest BCUT2D eigenvalue weighted by atomic mass is 79.9. The van der Waals surface area contributed by atoms with Crippen LogP contribution in [0.2, 0.25) is 0 Å². The summed E-state index contributed by atoms with van der Waals surface area (Å²) in [5, 5.41) is 4.34. The van der Waals surface area contributed by atoms with E-state index >= 15 is 0 Å². The number of rotatable bonds is 6. The standard InChI is InChI=1S/C23H19BrN2O2/c1-28-22-15-13-19(16-20(22)24)23(27)26-25-21(18-10-6-3-7-11-18)14-12-17-8-4-2-5-9-17/h2-16H,1H3,(H,26,27)/b14-12+,25-21?. The summed E-state index contributed by atoms with van der Waals surface area (Å²) in [6.45, 7) is 0. The highest BCUT2D eigenvalue weighted by Gasteiger charge is 2.09. The minimum Gasteiger partial charge on any atom is -0.496 e. The summed E-state index contributed by atoms with van der Waals surface area (Å²) in [6.07, 6.45) is 3.84. The van der Waals surface area contributed by atoms with Crippen molar-refractivity contribution in [2.75, 3.05) is 7.11 Å². The molecule has 0 aliphatic heterocycles. The average Bonchev–Trinajstić information content (AvgIpc) is 2.75. The molecule has 0 radical (unpaired) electrons. The van der Waals surface area contributed by atoms with Crippen LogP contribution in [-0.4, -0.2) is 18.7 Å². The molecule has 4 nitrogen and oxygen atoms in total. The molecule has 0 fully saturated rings. The number of allylic oxidation sites excluding steroid dienone is 1. The molecule has 3 rings (SSSR count). The monoisotopic (exact) mass is 434 g/mol. The first-order valence-corrected chi connectivity index (χ1v) is 9.47. The van der Waals surface area contributed by atoms with Crippen LogP contribution >= 0.6 is 15.9 Å². The number of hydrogen-bond acceptors (Lipinski definition) is 3. The number of carbonyl (C=O) groups excluding carboxylic acids is 1. The van der Waals surface area contributed by atoms with E-state index in [-0.39, 0.29) is 5.91 Å². The van der Waals surface area contributed by atoms with E-state index in [0.717, 1.165) is 11.1 Å². The van der Waals surface area contributed by atoms with Crippen LogP contribution in [0.3, 0.4) is 0 Å². The summed E-state index contributed by atoms with van der Waals surface area (Å²) < 4.78 is 5.90. The molecule has 3 aromatic carbocycles. The number of nitrogens with one attached hydrogen (secondary N) is 1. The van der Waals surface area contributed by atoms with Gasteiger partial charge in [0.1, 0.15) is 5.75 Å². The number of methoxy groups -OCH3 is 1. The van der Waals surface area contributed by atoms with Gasteiger partial charge in [0.25, 0.3) is 5.91 Å². The quantitative estimate of drug-likeness (QED) is 0.422. The van der Waals surface area contributed by atoms with E-state index in [4.69, 9.17) is 4.74 Å². The van der Waals surface area contributed by atoms with Gasteiger partial charge in [-0.1, -0.05) is 66.7 Å². The van der Waals surface area contributed by atoms with Gasteiger partial charge in [-0.2, -0.15) is 5.10 Å². The molecule has 0 spiro atoms. The van der Waals surface area contributed by atoms with Gasteiger partial charge in [0, 0.05) is 11.1 Å². The Labute approximate surface area is 172 Å². The molecular formula is C23H19BrN2O2. The SMILES string of the molecule is COc1ccc(C(=O)NN=C(/C=C/c2ccccc2)c2ccccc2)cc1Br. The van der Waals surface area contributed by atoms with E-state index in [1.807, 2.05) is 72.8 Å². The number of ether oxygens (including phenoxy) is 1. The van der Waals surface area contributed by atoms with Crippen LogP contribution in [-0.2, 0) is 0 Å². The van der Waals surface area contributed by atoms with Crippen LogP contribution < -0.4 is 10.2 Å². The normalized spacial score (nSPS) is 11.4. The third-order valence-corrected chi connectivity index (χ3v) is 4.61. The molecule has 5 heteroatoms. The molecule has 0 aliphatic carbocycles. The number of benzene rings is 3. The van der Waals surface area contributed by atoms with E-state index in [9.17, 15) is 4.79 Å². The summed E-state index contributed by atoms with van der Waals surface area (Å²) in [7, 11) is 1.58. The predicted octanol–water partition coefficient (Wildman–Crippen LogP) is 5.31. The Hall–Kier alpha value is -3.18. The topological polar surface area (TPSA) is 50.7 Å². The largest absolute Gasteiger partial charge is 0.496 e. The molecule has 0 aliphatic rings. The maximum absolute atomic E-state index is 12.5. The number of halogens is 1. The Morgan fingerprint density at radius 3 is 2.29 bits per heavy atom. The summed E-state index contributed by atoms with van der Waals surface area (Å²) in [6, 6.07) is 24.8. The van der Waals surface area contributed by atoms with Gasteiger partial charge in [0.2, 0.25) is 0 Å². The van der Waals surface area contributed by atoms with Gasteiger partial charge >= 0.3 is 0 Å². The molecule has 1 amide bonds. The van der Waals surface area contributed by atoms with E-state index in [1.54, 1.807) is 25.3 Å². The number of carbonyl (C=O) groups is 1. The van der Waals surface area contributed by atoms with Crippen LogP contribution in [0.4, 0.5) is 0 Å². The van der Waals surface area contributed by atoms with Crippen molar-refractivity contribution in [2.24, 2.45) is 5.10 Å². The lowest BCUT2D eigenvalue weighted by atomic mass is 10.1. The number of hydrogen-bond donors (Lipinski definition) is 1. The lowest BCUT2D eigenvalue weighted by Crippen LogP contribution is -2.19. The Bertz CT molecular complexity index is 1000. The fourth-order valence-electron chi connectivity index (χ4n) is 2.53. The van der Waals surface area contributed by atoms with Crippen molar-refractivity contribution in [1.82, 2.24) is 5.43 Å². The lowest BCUT2D eigenvalue weighted by Gasteiger charge is -2.07. The van der Waals surface area contributed by atoms with Gasteiger partial charge in [0.05, 0.1) is 17.3 Å². The molecule has 140 valence electrons. The zero-order valence-corrected chi connectivity index (χ0v) is 16.9. The van der Waals surface area contributed by atoms with E-state index in [0.29, 0.717) is 21.5 Å². The molecule has 0 unspecified atom stereocenters. The second kappa shape index (κ2) is 9.67. The van der Waals surface area contributed by atoms with Crippen molar-refractivity contribution >= 4 is 33.6 Å². The maximum Gasteiger partial charge on any atom is 0.271 e. The van der Waals surface area contributed by atoms with Crippen LogP contribution in [0.25, 0.3) is 6.08 Å². The first kappa shape index (κ1) is 19.6. The van der Waals surface area contributed by atoms with Gasteiger partial charge < -0.3 is 4.74 Å². The lowest BCUT2D eigenvalue weighted by molar-refractivity contribution is 0.0955. The fraction of sp³-hybridized carbons (Fsp3) is 0.0435. The molecule has 0 saturated heterocycles. The van der Waals surface area contributed by atoms with Crippen molar-refractivity contribution in [3.8, 4) is 5.75 Å². The molecule has 0 aromatic heterocycles. The molecule has 1 N–H and O–H groups in total. The predicted molar refractivity (Wildman–Crippen MR) is 117 cm³/mol. The highest BCUT2D eigenvalue weighted by molar-refractivity contribution is 9.10. The molecule has 0 bridgehead atoms. The van der Waals surface area contributed by atoms with Crippen molar-refractivity contribution in [1.29, 1.82) is 0 Å². The maximum atomic E-state index is 12.5.